The maximum atomic E-state index is 14.9. The summed E-state index contributed by atoms with van der Waals surface area (Å²) in [5, 5.41) is 0. The van der Waals surface area contributed by atoms with Gasteiger partial charge in [-0.1, -0.05) is 80.4 Å². The minimum absolute atomic E-state index is 0.153. The fourth-order valence-corrected chi connectivity index (χ4v) is 5.03. The standard InChI is InChI=1S/C31H33F3/c1-3-4-5-6-7-25-16-19-28(31(34)30(25)33)24-14-12-22(13-15-24)26-17-18-27(29(32)20-26)23-10-8-21(2)9-11-23/h3-4,12-21,23H,5-11H2,1-2H3/b4-3-. The highest BCUT2D eigenvalue weighted by Crippen LogP contribution is 2.38. The van der Waals surface area contributed by atoms with E-state index in [2.05, 4.69) is 6.92 Å². The summed E-state index contributed by atoms with van der Waals surface area (Å²) in [6.45, 7) is 4.21. The van der Waals surface area contributed by atoms with Crippen LogP contribution in [0.1, 0.15) is 69.4 Å². The molecule has 0 unspecified atom stereocenters. The number of rotatable bonds is 7. The van der Waals surface area contributed by atoms with Crippen LogP contribution in [0.25, 0.3) is 22.3 Å². The van der Waals surface area contributed by atoms with Crippen molar-refractivity contribution in [2.75, 3.05) is 0 Å². The Bertz CT molecular complexity index is 1140. The Balaban J connectivity index is 1.50. The Morgan fingerprint density at radius 3 is 2.15 bits per heavy atom. The van der Waals surface area contributed by atoms with Gasteiger partial charge in [0.1, 0.15) is 5.82 Å². The average molecular weight is 463 g/mol. The number of benzene rings is 3. The topological polar surface area (TPSA) is 0 Å². The zero-order valence-electron chi connectivity index (χ0n) is 20.1. The summed E-state index contributed by atoms with van der Waals surface area (Å²) in [6, 6.07) is 16.0. The second-order valence-electron chi connectivity index (χ2n) is 9.63. The van der Waals surface area contributed by atoms with Gasteiger partial charge in [-0.15, -0.1) is 0 Å². The van der Waals surface area contributed by atoms with Gasteiger partial charge < -0.3 is 0 Å². The van der Waals surface area contributed by atoms with E-state index in [9.17, 15) is 13.2 Å². The molecule has 0 aliphatic heterocycles. The van der Waals surface area contributed by atoms with Gasteiger partial charge in [-0.25, -0.2) is 13.2 Å². The molecular formula is C31H33F3. The van der Waals surface area contributed by atoms with Crippen LogP contribution in [0.2, 0.25) is 0 Å². The van der Waals surface area contributed by atoms with Gasteiger partial charge in [0.05, 0.1) is 0 Å². The maximum Gasteiger partial charge on any atom is 0.166 e. The molecule has 1 fully saturated rings. The maximum absolute atomic E-state index is 14.9. The first-order valence-corrected chi connectivity index (χ1v) is 12.5. The van der Waals surface area contributed by atoms with Gasteiger partial charge in [0.2, 0.25) is 0 Å². The van der Waals surface area contributed by atoms with E-state index < -0.39 is 11.6 Å². The third-order valence-electron chi connectivity index (χ3n) is 7.20. The van der Waals surface area contributed by atoms with Crippen molar-refractivity contribution in [2.24, 2.45) is 5.92 Å². The van der Waals surface area contributed by atoms with Crippen molar-refractivity contribution in [3.05, 3.63) is 95.3 Å². The van der Waals surface area contributed by atoms with Gasteiger partial charge in [-0.3, -0.25) is 0 Å². The fourth-order valence-electron chi connectivity index (χ4n) is 5.03. The van der Waals surface area contributed by atoms with E-state index in [-0.39, 0.29) is 11.4 Å². The lowest BCUT2D eigenvalue weighted by atomic mass is 9.79. The molecule has 0 aromatic heterocycles. The van der Waals surface area contributed by atoms with Gasteiger partial charge in [0.25, 0.3) is 0 Å². The van der Waals surface area contributed by atoms with Gasteiger partial charge in [0, 0.05) is 5.56 Å². The van der Waals surface area contributed by atoms with Crippen molar-refractivity contribution in [2.45, 2.75) is 64.7 Å². The first-order valence-electron chi connectivity index (χ1n) is 12.5. The number of aryl methyl sites for hydroxylation is 1. The summed E-state index contributed by atoms with van der Waals surface area (Å²) >= 11 is 0. The molecule has 0 N–H and O–H groups in total. The molecule has 1 saturated carbocycles. The highest BCUT2D eigenvalue weighted by molar-refractivity contribution is 5.71. The van der Waals surface area contributed by atoms with Gasteiger partial charge in [-0.2, -0.15) is 0 Å². The van der Waals surface area contributed by atoms with Crippen LogP contribution in [-0.4, -0.2) is 0 Å². The Morgan fingerprint density at radius 1 is 0.794 bits per heavy atom. The van der Waals surface area contributed by atoms with E-state index in [1.54, 1.807) is 30.3 Å². The molecule has 0 saturated heterocycles. The molecule has 3 aromatic carbocycles. The first-order chi connectivity index (χ1) is 16.5. The SMILES string of the molecule is C/C=C\CCCc1ccc(-c2ccc(-c3ccc(C4CCC(C)CC4)c(F)c3)cc2)c(F)c1F. The number of unbranched alkanes of at least 4 members (excludes halogenated alkanes) is 1. The van der Waals surface area contributed by atoms with Gasteiger partial charge >= 0.3 is 0 Å². The predicted molar refractivity (Wildman–Crippen MR) is 135 cm³/mol. The summed E-state index contributed by atoms with van der Waals surface area (Å²) in [5.74, 6) is -0.698. The number of hydrogen-bond donors (Lipinski definition) is 0. The minimum atomic E-state index is -0.812. The third-order valence-corrected chi connectivity index (χ3v) is 7.20. The molecule has 1 aliphatic carbocycles. The quantitative estimate of drug-likeness (QED) is 0.242. The lowest BCUT2D eigenvalue weighted by Gasteiger charge is -2.26. The first kappa shape index (κ1) is 24.3. The summed E-state index contributed by atoms with van der Waals surface area (Å²) in [7, 11) is 0. The molecular weight excluding hydrogens is 429 g/mol. The number of hydrogen-bond acceptors (Lipinski definition) is 0. The molecule has 178 valence electrons. The van der Waals surface area contributed by atoms with Crippen LogP contribution < -0.4 is 0 Å². The molecule has 0 spiro atoms. The van der Waals surface area contributed by atoms with Crippen molar-refractivity contribution in [1.29, 1.82) is 0 Å². The molecule has 0 radical (unpaired) electrons. The van der Waals surface area contributed by atoms with E-state index in [0.29, 0.717) is 23.5 Å². The monoisotopic (exact) mass is 462 g/mol. The molecule has 0 amide bonds. The van der Waals surface area contributed by atoms with Gasteiger partial charge in [0.15, 0.2) is 11.6 Å². The highest BCUT2D eigenvalue weighted by atomic mass is 19.2. The molecule has 0 nitrogen and oxygen atoms in total. The Morgan fingerprint density at radius 2 is 1.47 bits per heavy atom. The van der Waals surface area contributed by atoms with Crippen molar-refractivity contribution in [3.8, 4) is 22.3 Å². The molecule has 3 aromatic rings. The van der Waals surface area contributed by atoms with E-state index in [4.69, 9.17) is 0 Å². The van der Waals surface area contributed by atoms with Crippen molar-refractivity contribution >= 4 is 0 Å². The molecule has 0 bridgehead atoms. The Hall–Kier alpha value is -2.81. The van der Waals surface area contributed by atoms with Crippen LogP contribution in [0.3, 0.4) is 0 Å². The Labute approximate surface area is 201 Å². The molecule has 4 rings (SSSR count). The summed E-state index contributed by atoms with van der Waals surface area (Å²) in [4.78, 5) is 0. The van der Waals surface area contributed by atoms with Crippen LogP contribution >= 0.6 is 0 Å². The molecule has 3 heteroatoms. The lowest BCUT2D eigenvalue weighted by Crippen LogP contribution is -2.12. The summed E-state index contributed by atoms with van der Waals surface area (Å²) < 4.78 is 44.4. The van der Waals surface area contributed by atoms with E-state index in [1.165, 1.54) is 0 Å². The number of allylic oxidation sites excluding steroid dienone is 2. The molecule has 1 aliphatic rings. The predicted octanol–water partition coefficient (Wildman–Crippen LogP) is 9.63. The van der Waals surface area contributed by atoms with E-state index >= 15 is 0 Å². The Kier molecular flexibility index (Phi) is 7.92. The van der Waals surface area contributed by atoms with Crippen LogP contribution in [-0.2, 0) is 6.42 Å². The highest BCUT2D eigenvalue weighted by Gasteiger charge is 2.22. The van der Waals surface area contributed by atoms with Crippen molar-refractivity contribution in [3.63, 3.8) is 0 Å². The van der Waals surface area contributed by atoms with Crippen LogP contribution in [0.15, 0.2) is 66.7 Å². The zero-order valence-corrected chi connectivity index (χ0v) is 20.1. The lowest BCUT2D eigenvalue weighted by molar-refractivity contribution is 0.342. The van der Waals surface area contributed by atoms with Crippen LogP contribution in [0.4, 0.5) is 13.2 Å². The third kappa shape index (κ3) is 5.46. The van der Waals surface area contributed by atoms with Crippen molar-refractivity contribution < 1.29 is 13.2 Å². The van der Waals surface area contributed by atoms with E-state index in [0.717, 1.165) is 61.1 Å². The normalized spacial score (nSPS) is 18.5. The zero-order chi connectivity index (χ0) is 24.1. The van der Waals surface area contributed by atoms with E-state index in [1.807, 2.05) is 43.3 Å². The summed E-state index contributed by atoms with van der Waals surface area (Å²) in [5.41, 5.74) is 3.72. The number of halogens is 3. The largest absolute Gasteiger partial charge is 0.207 e. The molecule has 0 atom stereocenters. The average Bonchev–Trinajstić information content (AvgIpc) is 2.85. The van der Waals surface area contributed by atoms with Crippen LogP contribution in [0.5, 0.6) is 0 Å². The van der Waals surface area contributed by atoms with Crippen molar-refractivity contribution in [1.82, 2.24) is 0 Å². The second kappa shape index (κ2) is 11.1. The molecule has 0 heterocycles. The van der Waals surface area contributed by atoms with Gasteiger partial charge in [-0.05, 0) is 84.7 Å². The fraction of sp³-hybridized carbons (Fsp3) is 0.355. The van der Waals surface area contributed by atoms with Crippen LogP contribution in [0, 0.1) is 23.4 Å². The smallest absolute Gasteiger partial charge is 0.166 e. The molecule has 34 heavy (non-hydrogen) atoms. The second-order valence-corrected chi connectivity index (χ2v) is 9.63. The summed E-state index contributed by atoms with van der Waals surface area (Å²) in [6.07, 6.45) is 10.5. The minimum Gasteiger partial charge on any atom is -0.207 e.